The Morgan fingerprint density at radius 3 is 1.00 bits per heavy atom. The molecule has 0 spiro atoms. The van der Waals surface area contributed by atoms with Crippen LogP contribution in [0, 0.1) is 0 Å². The standard InChI is InChI=1S/C10H14Br6.C10H20Br2/c11-5-3-1-2-4-6(12)8(14)10(16)9(15)7(5)13;11-9-7-5-3-1-2-4-6-8-10-12/h5-10H,1-4H2;1-10H2. The van der Waals surface area contributed by atoms with Gasteiger partial charge in [0.15, 0.2) is 0 Å². The summed E-state index contributed by atoms with van der Waals surface area (Å²) < 4.78 is 0. The zero-order chi connectivity index (χ0) is 21.4. The quantitative estimate of drug-likeness (QED) is 0.160. The zero-order valence-electron chi connectivity index (χ0n) is 16.4. The lowest BCUT2D eigenvalue weighted by molar-refractivity contribution is 0.563. The van der Waals surface area contributed by atoms with Crippen LogP contribution >= 0.6 is 127 Å². The summed E-state index contributed by atoms with van der Waals surface area (Å²) in [6.07, 6.45) is 16.3. The maximum Gasteiger partial charge on any atom is 0.0418 e. The number of hydrogen-bond donors (Lipinski definition) is 0. The van der Waals surface area contributed by atoms with Crippen LogP contribution in [-0.2, 0) is 0 Å². The van der Waals surface area contributed by atoms with Gasteiger partial charge in [-0.25, -0.2) is 0 Å². The van der Waals surface area contributed by atoms with Crippen molar-refractivity contribution in [2.75, 3.05) is 10.7 Å². The fourth-order valence-electron chi connectivity index (χ4n) is 3.00. The Hall–Kier alpha value is 3.84. The van der Waals surface area contributed by atoms with Crippen molar-refractivity contribution in [1.29, 1.82) is 0 Å². The summed E-state index contributed by atoms with van der Waals surface area (Å²) in [5.74, 6) is 0. The van der Waals surface area contributed by atoms with E-state index in [1.807, 2.05) is 0 Å². The molecule has 28 heavy (non-hydrogen) atoms. The molecule has 1 fully saturated rings. The third-order valence-corrected chi connectivity index (χ3v) is 16.2. The van der Waals surface area contributed by atoms with E-state index in [2.05, 4.69) is 127 Å². The number of hydrogen-bond acceptors (Lipinski definition) is 0. The first-order chi connectivity index (χ1) is 13.4. The Morgan fingerprint density at radius 1 is 0.429 bits per heavy atom. The van der Waals surface area contributed by atoms with E-state index in [4.69, 9.17) is 0 Å². The molecule has 0 aliphatic heterocycles. The second-order valence-corrected chi connectivity index (χ2v) is 15.5. The molecule has 0 amide bonds. The summed E-state index contributed by atoms with van der Waals surface area (Å²) in [6, 6.07) is 0. The largest absolute Gasteiger partial charge is 0.0928 e. The van der Waals surface area contributed by atoms with E-state index in [0.717, 1.165) is 0 Å². The molecule has 0 aromatic rings. The molecule has 1 saturated carbocycles. The van der Waals surface area contributed by atoms with E-state index in [9.17, 15) is 0 Å². The topological polar surface area (TPSA) is 0 Å². The maximum atomic E-state index is 3.80. The van der Waals surface area contributed by atoms with Gasteiger partial charge in [-0.3, -0.25) is 0 Å². The van der Waals surface area contributed by atoms with Gasteiger partial charge in [-0.2, -0.15) is 0 Å². The molecule has 0 nitrogen and oxygen atoms in total. The van der Waals surface area contributed by atoms with Crippen LogP contribution in [0.4, 0.5) is 0 Å². The van der Waals surface area contributed by atoms with Crippen LogP contribution in [0.3, 0.4) is 0 Å². The fraction of sp³-hybridized carbons (Fsp3) is 1.00. The van der Waals surface area contributed by atoms with E-state index in [0.29, 0.717) is 29.0 Å². The monoisotopic (exact) mass is 906 g/mol. The van der Waals surface area contributed by atoms with Gasteiger partial charge in [-0.1, -0.05) is 179 Å². The van der Waals surface area contributed by atoms with Gasteiger partial charge in [0, 0.05) is 39.6 Å². The molecule has 1 aliphatic carbocycles. The number of halogens is 8. The molecule has 0 aromatic carbocycles. The molecule has 8 heteroatoms. The summed E-state index contributed by atoms with van der Waals surface area (Å²) in [6.45, 7) is 0. The molecule has 0 saturated heterocycles. The van der Waals surface area contributed by atoms with Crippen molar-refractivity contribution in [2.45, 2.75) is 106 Å². The highest BCUT2D eigenvalue weighted by Crippen LogP contribution is 2.38. The van der Waals surface area contributed by atoms with Crippen molar-refractivity contribution >= 4 is 127 Å². The average Bonchev–Trinajstić information content (AvgIpc) is 2.70. The number of rotatable bonds is 9. The van der Waals surface area contributed by atoms with Crippen molar-refractivity contribution in [2.24, 2.45) is 0 Å². The van der Waals surface area contributed by atoms with Crippen molar-refractivity contribution < 1.29 is 0 Å². The summed E-state index contributed by atoms with van der Waals surface area (Å²) >= 11 is 29.6. The van der Waals surface area contributed by atoms with Crippen LogP contribution in [0.15, 0.2) is 0 Å². The number of alkyl halides is 8. The molecule has 1 rings (SSSR count). The lowest BCUT2D eigenvalue weighted by Crippen LogP contribution is -2.39. The SMILES string of the molecule is BrC1CCCCC(Br)C(Br)C(Br)C(Br)C1Br.BrCCCCCCCCCCBr. The van der Waals surface area contributed by atoms with Crippen molar-refractivity contribution in [3.05, 3.63) is 0 Å². The van der Waals surface area contributed by atoms with Crippen LogP contribution in [0.1, 0.15) is 77.0 Å². The minimum absolute atomic E-state index is 0.402. The summed E-state index contributed by atoms with van der Waals surface area (Å²) in [4.78, 5) is 2.75. The summed E-state index contributed by atoms with van der Waals surface area (Å²) in [7, 11) is 0. The van der Waals surface area contributed by atoms with Gasteiger partial charge in [-0.05, 0) is 25.7 Å². The third-order valence-electron chi connectivity index (χ3n) is 4.83. The lowest BCUT2D eigenvalue weighted by Gasteiger charge is -2.32. The molecule has 0 aromatic heterocycles. The highest BCUT2D eigenvalue weighted by Gasteiger charge is 2.35. The summed E-state index contributed by atoms with van der Waals surface area (Å²) in [5.41, 5.74) is 0. The van der Waals surface area contributed by atoms with Crippen LogP contribution in [0.2, 0.25) is 0 Å². The average molecular weight is 914 g/mol. The fourth-order valence-corrected chi connectivity index (χ4v) is 9.31. The van der Waals surface area contributed by atoms with Gasteiger partial charge in [0.25, 0.3) is 0 Å². The van der Waals surface area contributed by atoms with Gasteiger partial charge >= 0.3 is 0 Å². The first kappa shape index (κ1) is 31.8. The van der Waals surface area contributed by atoms with Crippen molar-refractivity contribution in [3.63, 3.8) is 0 Å². The smallest absolute Gasteiger partial charge is 0.0418 e. The lowest BCUT2D eigenvalue weighted by atomic mass is 10.0. The zero-order valence-corrected chi connectivity index (χ0v) is 29.1. The molecule has 1 aliphatic rings. The Balaban J connectivity index is 0.000000546. The van der Waals surface area contributed by atoms with Crippen molar-refractivity contribution in [1.82, 2.24) is 0 Å². The minimum atomic E-state index is 0.402. The van der Waals surface area contributed by atoms with Crippen LogP contribution in [0.5, 0.6) is 0 Å². The van der Waals surface area contributed by atoms with Crippen LogP contribution in [-0.4, -0.2) is 39.6 Å². The predicted molar refractivity (Wildman–Crippen MR) is 159 cm³/mol. The Morgan fingerprint density at radius 2 is 0.714 bits per heavy atom. The van der Waals surface area contributed by atoms with Crippen molar-refractivity contribution in [3.8, 4) is 0 Å². The second kappa shape index (κ2) is 21.4. The van der Waals surface area contributed by atoms with Gasteiger partial charge in [0.1, 0.15) is 0 Å². The molecule has 6 unspecified atom stereocenters. The second-order valence-electron chi connectivity index (χ2n) is 7.30. The third kappa shape index (κ3) is 15.6. The Kier molecular flexibility index (Phi) is 24.3. The first-order valence-corrected chi connectivity index (χ1v) is 18.1. The van der Waals surface area contributed by atoms with Gasteiger partial charge < -0.3 is 0 Å². The molecule has 0 N–H and O–H groups in total. The van der Waals surface area contributed by atoms with Crippen LogP contribution in [0.25, 0.3) is 0 Å². The Labute approximate surface area is 241 Å². The molecule has 0 radical (unpaired) electrons. The first-order valence-electron chi connectivity index (χ1n) is 10.3. The minimum Gasteiger partial charge on any atom is -0.0928 e. The predicted octanol–water partition coefficient (Wildman–Crippen LogP) is 11.0. The van der Waals surface area contributed by atoms with E-state index >= 15 is 0 Å². The molecule has 0 bridgehead atoms. The van der Waals surface area contributed by atoms with E-state index in [1.165, 1.54) is 87.7 Å². The molecule has 170 valence electrons. The van der Waals surface area contributed by atoms with Gasteiger partial charge in [0.2, 0.25) is 0 Å². The molecule has 0 heterocycles. The Bertz CT molecular complexity index is 312. The van der Waals surface area contributed by atoms with Gasteiger partial charge in [0.05, 0.1) is 0 Å². The normalized spacial score (nSPS) is 31.7. The highest BCUT2D eigenvalue weighted by molar-refractivity contribution is 9.15. The highest BCUT2D eigenvalue weighted by atomic mass is 79.9. The maximum absolute atomic E-state index is 3.80. The molecular formula is C20H34Br8. The van der Waals surface area contributed by atoms with E-state index < -0.39 is 0 Å². The van der Waals surface area contributed by atoms with Gasteiger partial charge in [-0.15, -0.1) is 0 Å². The van der Waals surface area contributed by atoms with Crippen LogP contribution < -0.4 is 0 Å². The summed E-state index contributed by atoms with van der Waals surface area (Å²) in [5, 5.41) is 2.35. The molecular weight excluding hydrogens is 879 g/mol. The van der Waals surface area contributed by atoms with E-state index in [-0.39, 0.29) is 0 Å². The van der Waals surface area contributed by atoms with E-state index in [1.54, 1.807) is 0 Å². The molecule has 6 atom stereocenters. The number of unbranched alkanes of at least 4 members (excludes halogenated alkanes) is 7.